The van der Waals surface area contributed by atoms with Crippen LogP contribution in [0.1, 0.15) is 0 Å². The second-order valence-electron chi connectivity index (χ2n) is 3.45. The topological polar surface area (TPSA) is 0 Å². The summed E-state index contributed by atoms with van der Waals surface area (Å²) < 4.78 is 0. The van der Waals surface area contributed by atoms with Crippen LogP contribution in [0.25, 0.3) is 0 Å². The van der Waals surface area contributed by atoms with E-state index >= 15 is 0 Å². The molecule has 0 rings (SSSR count). The molecule has 0 heterocycles. The van der Waals surface area contributed by atoms with Gasteiger partial charge in [0.05, 0.1) is 0 Å². The summed E-state index contributed by atoms with van der Waals surface area (Å²) in [7, 11) is 0. The minimum atomic E-state index is -0.865. The van der Waals surface area contributed by atoms with E-state index in [9.17, 15) is 0 Å². The Balaban J connectivity index is 4.02. The summed E-state index contributed by atoms with van der Waals surface area (Å²) in [5, 5.41) is 0. The summed E-state index contributed by atoms with van der Waals surface area (Å²) in [4.78, 5) is 0. The fourth-order valence-electron chi connectivity index (χ4n) is 0. The van der Waals surface area contributed by atoms with Crippen LogP contribution in [0.15, 0.2) is 0 Å². The molecule has 0 unspecified atom stereocenters. The Hall–Kier alpha value is 1.04. The molecule has 0 spiro atoms. The molecular weight excluding hydrogens is 230 g/mol. The Morgan fingerprint density at radius 3 is 0.625 bits per heavy atom. The van der Waals surface area contributed by atoms with Crippen LogP contribution in [-0.2, 0) is 0 Å². The van der Waals surface area contributed by atoms with Gasteiger partial charge in [-0.05, 0) is 0 Å². The Morgan fingerprint density at radius 1 is 0.500 bits per heavy atom. The molecule has 0 aliphatic rings. The van der Waals surface area contributed by atoms with Gasteiger partial charge in [0.15, 0.2) is 0 Å². The first-order valence-corrected chi connectivity index (χ1v) is 17.2. The first-order chi connectivity index (χ1) is 3.25. The van der Waals surface area contributed by atoms with Gasteiger partial charge >= 0.3 is 57.0 Å². The summed E-state index contributed by atoms with van der Waals surface area (Å²) in [6, 6.07) is 0. The summed E-state index contributed by atoms with van der Waals surface area (Å²) in [6.45, 7) is 0. The van der Waals surface area contributed by atoms with Gasteiger partial charge in [-0.25, -0.2) is 0 Å². The van der Waals surface area contributed by atoms with Gasteiger partial charge in [-0.3, -0.25) is 0 Å². The van der Waals surface area contributed by atoms with Crippen LogP contribution in [0.3, 0.4) is 0 Å². The third-order valence-electron chi connectivity index (χ3n) is 1.50. The van der Waals surface area contributed by atoms with Gasteiger partial charge in [0.2, 0.25) is 0 Å². The maximum absolute atomic E-state index is 2.50. The molecule has 0 radical (unpaired) electrons. The molecule has 0 amide bonds. The van der Waals surface area contributed by atoms with Crippen molar-refractivity contribution in [2.75, 3.05) is 0 Å². The van der Waals surface area contributed by atoms with E-state index in [0.29, 0.717) is 0 Å². The van der Waals surface area contributed by atoms with Crippen LogP contribution < -0.4 is 0 Å². The van der Waals surface area contributed by atoms with Gasteiger partial charge in [-0.15, -0.1) is 0 Å². The molecule has 0 saturated heterocycles. The van der Waals surface area contributed by atoms with E-state index < -0.39 is 22.0 Å². The molecular formula is C6H18Se2. The van der Waals surface area contributed by atoms with Crippen molar-refractivity contribution in [3.63, 3.8) is 0 Å². The van der Waals surface area contributed by atoms with Gasteiger partial charge in [0, 0.05) is 0 Å². The Morgan fingerprint density at radius 2 is 0.625 bits per heavy atom. The van der Waals surface area contributed by atoms with Crippen molar-refractivity contribution in [2.24, 2.45) is 0 Å². The Bertz CT molecular complexity index is 61.5. The first-order valence-electron chi connectivity index (χ1n) is 2.62. The predicted octanol–water partition coefficient (Wildman–Crippen LogP) is 2.74. The normalized spacial score (nSPS) is 18.2. The molecule has 0 saturated carbocycles. The zero-order chi connectivity index (χ0) is 7.00. The molecule has 2 heteroatoms. The molecule has 0 aromatic carbocycles. The van der Waals surface area contributed by atoms with E-state index in [1.807, 2.05) is 0 Å². The quantitative estimate of drug-likeness (QED) is 0.626. The molecule has 0 aliphatic heterocycles. The molecule has 0 fully saturated rings. The van der Waals surface area contributed by atoms with Gasteiger partial charge in [0.1, 0.15) is 0 Å². The molecule has 0 bridgehead atoms. The zero-order valence-corrected chi connectivity index (χ0v) is 10.2. The number of hydrogen-bond donors (Lipinski definition) is 0. The van der Waals surface area contributed by atoms with Crippen molar-refractivity contribution in [3.8, 4) is 0 Å². The summed E-state index contributed by atoms with van der Waals surface area (Å²) in [6.07, 6.45) is 0. The Kier molecular flexibility index (Phi) is 2.65. The summed E-state index contributed by atoms with van der Waals surface area (Å²) >= 11 is -1.73. The van der Waals surface area contributed by atoms with E-state index in [2.05, 4.69) is 34.9 Å². The Labute approximate surface area is 57.1 Å². The van der Waals surface area contributed by atoms with Crippen molar-refractivity contribution in [1.29, 1.82) is 0 Å². The molecule has 0 N–H and O–H groups in total. The fourth-order valence-corrected chi connectivity index (χ4v) is 0. The van der Waals surface area contributed by atoms with Crippen LogP contribution in [0, 0.1) is 0 Å². The maximum atomic E-state index is 2.50. The van der Waals surface area contributed by atoms with Crippen molar-refractivity contribution in [2.45, 2.75) is 34.9 Å². The SMILES string of the molecule is C[Se](C)(C)[Se](C)(C)C. The van der Waals surface area contributed by atoms with Gasteiger partial charge in [-0.2, -0.15) is 0 Å². The molecule has 54 valence electrons. The van der Waals surface area contributed by atoms with Crippen molar-refractivity contribution < 1.29 is 0 Å². The van der Waals surface area contributed by atoms with Crippen molar-refractivity contribution in [3.05, 3.63) is 0 Å². The van der Waals surface area contributed by atoms with E-state index in [4.69, 9.17) is 0 Å². The van der Waals surface area contributed by atoms with Crippen LogP contribution in [0.4, 0.5) is 0 Å². The van der Waals surface area contributed by atoms with E-state index in [1.54, 1.807) is 0 Å². The number of hydrogen-bond acceptors (Lipinski definition) is 0. The molecule has 8 heavy (non-hydrogen) atoms. The second kappa shape index (κ2) is 2.34. The fraction of sp³-hybridized carbons (Fsp3) is 1.00. The predicted molar refractivity (Wildman–Crippen MR) is 46.7 cm³/mol. The standard InChI is InChI=1S/C6H18Se2/c1-7(2,3)8(4,5)6/h1-6H3. The molecule has 0 nitrogen and oxygen atoms in total. The second-order valence-corrected chi connectivity index (χ2v) is 39.7. The monoisotopic (exact) mass is 250 g/mol. The molecule has 0 atom stereocenters. The van der Waals surface area contributed by atoms with Crippen LogP contribution in [-0.4, -0.2) is 22.0 Å². The van der Waals surface area contributed by atoms with Crippen LogP contribution in [0.5, 0.6) is 0 Å². The summed E-state index contributed by atoms with van der Waals surface area (Å²) in [5.74, 6) is 15.0. The van der Waals surface area contributed by atoms with Crippen LogP contribution >= 0.6 is 0 Å². The van der Waals surface area contributed by atoms with Crippen LogP contribution in [0.2, 0.25) is 34.9 Å². The molecule has 0 aromatic rings. The average molecular weight is 248 g/mol. The third kappa shape index (κ3) is 2.55. The zero-order valence-electron chi connectivity index (χ0n) is 6.82. The summed E-state index contributed by atoms with van der Waals surface area (Å²) in [5.41, 5.74) is 0. The van der Waals surface area contributed by atoms with E-state index in [0.717, 1.165) is 0 Å². The van der Waals surface area contributed by atoms with Gasteiger partial charge in [0.25, 0.3) is 0 Å². The number of rotatable bonds is 1. The van der Waals surface area contributed by atoms with Gasteiger partial charge < -0.3 is 0 Å². The van der Waals surface area contributed by atoms with Gasteiger partial charge in [-0.1, -0.05) is 0 Å². The van der Waals surface area contributed by atoms with Crippen molar-refractivity contribution >= 4 is 22.0 Å². The third-order valence-corrected chi connectivity index (χ3v) is 40.5. The van der Waals surface area contributed by atoms with E-state index in [-0.39, 0.29) is 0 Å². The van der Waals surface area contributed by atoms with E-state index in [1.165, 1.54) is 0 Å². The minimum absolute atomic E-state index is 0.865. The molecule has 0 aliphatic carbocycles. The van der Waals surface area contributed by atoms with Crippen molar-refractivity contribution in [1.82, 2.24) is 0 Å². The average Bonchev–Trinajstić information content (AvgIpc) is 1.25. The molecule has 0 aromatic heterocycles. The first kappa shape index (κ1) is 9.04.